The van der Waals surface area contributed by atoms with Gasteiger partial charge in [0.05, 0.1) is 12.6 Å². The Bertz CT molecular complexity index is 174. The van der Waals surface area contributed by atoms with Gasteiger partial charge < -0.3 is 4.90 Å². The Morgan fingerprint density at radius 1 is 1.29 bits per heavy atom. The molecule has 0 bridgehead atoms. The van der Waals surface area contributed by atoms with E-state index in [1.165, 1.54) is 0 Å². The lowest BCUT2D eigenvalue weighted by molar-refractivity contribution is 0.272. The SMILES string of the molecule is CCN=C=NCCCN(C)C(C)C.Cl. The highest BCUT2D eigenvalue weighted by molar-refractivity contribution is 5.85. The fourth-order valence-corrected chi connectivity index (χ4v) is 0.828. The highest BCUT2D eigenvalue weighted by atomic mass is 35.5. The van der Waals surface area contributed by atoms with E-state index in [4.69, 9.17) is 0 Å². The molecule has 0 aromatic rings. The van der Waals surface area contributed by atoms with E-state index in [-0.39, 0.29) is 12.4 Å². The van der Waals surface area contributed by atoms with Crippen molar-refractivity contribution in [2.24, 2.45) is 9.98 Å². The lowest BCUT2D eigenvalue weighted by Gasteiger charge is -2.19. The van der Waals surface area contributed by atoms with Gasteiger partial charge in [-0.1, -0.05) is 0 Å². The molecule has 0 saturated carbocycles. The predicted octanol–water partition coefficient (Wildman–Crippen LogP) is 2.33. The molecule has 4 heteroatoms. The van der Waals surface area contributed by atoms with Crippen molar-refractivity contribution in [2.75, 3.05) is 26.7 Å². The highest BCUT2D eigenvalue weighted by Crippen LogP contribution is 1.94. The van der Waals surface area contributed by atoms with Crippen molar-refractivity contribution in [3.8, 4) is 0 Å². The van der Waals surface area contributed by atoms with Crippen molar-refractivity contribution in [1.29, 1.82) is 0 Å². The van der Waals surface area contributed by atoms with Gasteiger partial charge in [-0.3, -0.25) is 0 Å². The van der Waals surface area contributed by atoms with E-state index in [9.17, 15) is 0 Å². The summed E-state index contributed by atoms with van der Waals surface area (Å²) in [6.07, 6.45) is 1.08. The Kier molecular flexibility index (Phi) is 12.3. The first-order valence-corrected chi connectivity index (χ1v) is 4.96. The summed E-state index contributed by atoms with van der Waals surface area (Å²) in [6.45, 7) is 9.07. The molecule has 0 saturated heterocycles. The number of rotatable bonds is 6. The summed E-state index contributed by atoms with van der Waals surface area (Å²) in [4.78, 5) is 10.3. The quantitative estimate of drug-likeness (QED) is 0.498. The maximum atomic E-state index is 4.05. The van der Waals surface area contributed by atoms with E-state index in [0.29, 0.717) is 6.04 Å². The first-order valence-electron chi connectivity index (χ1n) is 4.96. The molecule has 0 aliphatic heterocycles. The number of hydrogen-bond acceptors (Lipinski definition) is 3. The van der Waals surface area contributed by atoms with Gasteiger partial charge in [0.25, 0.3) is 0 Å². The molecule has 0 aromatic carbocycles. The Balaban J connectivity index is 0. The van der Waals surface area contributed by atoms with Gasteiger partial charge in [-0.05, 0) is 40.8 Å². The average molecular weight is 220 g/mol. The molecule has 0 atom stereocenters. The molecule has 0 N–H and O–H groups in total. The van der Waals surface area contributed by atoms with Gasteiger partial charge in [0.15, 0.2) is 0 Å². The minimum absolute atomic E-state index is 0. The zero-order chi connectivity index (χ0) is 10.1. The molecule has 0 unspecified atom stereocenters. The summed E-state index contributed by atoms with van der Waals surface area (Å²) < 4.78 is 0. The fourth-order valence-electron chi connectivity index (χ4n) is 0.828. The van der Waals surface area contributed by atoms with E-state index < -0.39 is 0 Å². The Morgan fingerprint density at radius 2 is 1.93 bits per heavy atom. The third kappa shape index (κ3) is 9.72. The van der Waals surface area contributed by atoms with Gasteiger partial charge in [-0.15, -0.1) is 12.4 Å². The van der Waals surface area contributed by atoms with Crippen LogP contribution in [0.4, 0.5) is 0 Å². The van der Waals surface area contributed by atoms with Crippen LogP contribution in [0.2, 0.25) is 0 Å². The minimum Gasteiger partial charge on any atom is -0.304 e. The van der Waals surface area contributed by atoms with Gasteiger partial charge in [0, 0.05) is 12.6 Å². The van der Waals surface area contributed by atoms with Crippen LogP contribution in [-0.2, 0) is 0 Å². The predicted molar refractivity (Wildman–Crippen MR) is 64.9 cm³/mol. The number of nitrogens with zero attached hydrogens (tertiary/aromatic N) is 3. The fraction of sp³-hybridized carbons (Fsp3) is 0.900. The third-order valence-electron chi connectivity index (χ3n) is 1.96. The summed E-state index contributed by atoms with van der Waals surface area (Å²) >= 11 is 0. The topological polar surface area (TPSA) is 28.0 Å². The summed E-state index contributed by atoms with van der Waals surface area (Å²) in [5.41, 5.74) is 0. The summed E-state index contributed by atoms with van der Waals surface area (Å²) in [5, 5.41) is 0. The zero-order valence-corrected chi connectivity index (χ0v) is 10.5. The first kappa shape index (κ1) is 16.1. The summed E-state index contributed by atoms with van der Waals surface area (Å²) in [6, 6.07) is 3.29. The molecule has 14 heavy (non-hydrogen) atoms. The molecule has 0 aliphatic rings. The van der Waals surface area contributed by atoms with E-state index in [1.54, 1.807) is 0 Å². The minimum atomic E-state index is 0. The molecule has 84 valence electrons. The molecule has 0 rings (SSSR count). The largest absolute Gasteiger partial charge is 0.304 e. The second-order valence-electron chi connectivity index (χ2n) is 3.38. The van der Waals surface area contributed by atoms with Crippen molar-refractivity contribution in [3.05, 3.63) is 0 Å². The second kappa shape index (κ2) is 10.7. The molecular weight excluding hydrogens is 198 g/mol. The third-order valence-corrected chi connectivity index (χ3v) is 1.96. The smallest absolute Gasteiger partial charge is 0.0892 e. The monoisotopic (exact) mass is 219 g/mol. The Morgan fingerprint density at radius 3 is 2.43 bits per heavy atom. The molecule has 0 amide bonds. The normalized spacial score (nSPS) is 9.57. The van der Waals surface area contributed by atoms with Crippen molar-refractivity contribution < 1.29 is 0 Å². The maximum absolute atomic E-state index is 4.05. The van der Waals surface area contributed by atoms with Crippen LogP contribution < -0.4 is 0 Å². The van der Waals surface area contributed by atoms with Crippen LogP contribution in [0.3, 0.4) is 0 Å². The number of hydrogen-bond donors (Lipinski definition) is 0. The van der Waals surface area contributed by atoms with Crippen LogP contribution in [0, 0.1) is 0 Å². The molecule has 0 heterocycles. The first-order chi connectivity index (χ1) is 6.18. The van der Waals surface area contributed by atoms with Crippen LogP contribution in [0.1, 0.15) is 27.2 Å². The number of halogens is 1. The van der Waals surface area contributed by atoms with Crippen LogP contribution in [0.5, 0.6) is 0 Å². The van der Waals surface area contributed by atoms with Crippen LogP contribution >= 0.6 is 12.4 Å². The Labute approximate surface area is 93.7 Å². The van der Waals surface area contributed by atoms with Crippen LogP contribution in [0.15, 0.2) is 9.98 Å². The van der Waals surface area contributed by atoms with Gasteiger partial charge in [0.1, 0.15) is 0 Å². The molecule has 0 aromatic heterocycles. The van der Waals surface area contributed by atoms with Crippen LogP contribution in [0.25, 0.3) is 0 Å². The van der Waals surface area contributed by atoms with Gasteiger partial charge >= 0.3 is 0 Å². The lowest BCUT2D eigenvalue weighted by atomic mass is 10.3. The van der Waals surface area contributed by atoms with E-state index in [2.05, 4.69) is 41.8 Å². The molecule has 0 aliphatic carbocycles. The molecule has 0 radical (unpaired) electrons. The molecule has 3 nitrogen and oxygen atoms in total. The van der Waals surface area contributed by atoms with Crippen LogP contribution in [-0.4, -0.2) is 43.6 Å². The van der Waals surface area contributed by atoms with E-state index in [0.717, 1.165) is 26.1 Å². The molecule has 0 fully saturated rings. The number of aliphatic imine (C=N–C) groups is 2. The van der Waals surface area contributed by atoms with Crippen molar-refractivity contribution >= 4 is 18.4 Å². The van der Waals surface area contributed by atoms with E-state index in [1.807, 2.05) is 6.92 Å². The van der Waals surface area contributed by atoms with Crippen molar-refractivity contribution in [2.45, 2.75) is 33.2 Å². The lowest BCUT2D eigenvalue weighted by Crippen LogP contribution is -2.27. The van der Waals surface area contributed by atoms with Gasteiger partial charge in [-0.2, -0.15) is 0 Å². The van der Waals surface area contributed by atoms with Crippen molar-refractivity contribution in [1.82, 2.24) is 4.90 Å². The maximum Gasteiger partial charge on any atom is 0.0892 e. The van der Waals surface area contributed by atoms with Gasteiger partial charge in [-0.25, -0.2) is 9.98 Å². The molecular formula is C10H22ClN3. The second-order valence-corrected chi connectivity index (χ2v) is 3.38. The van der Waals surface area contributed by atoms with Gasteiger partial charge in [0.2, 0.25) is 0 Å². The highest BCUT2D eigenvalue weighted by Gasteiger charge is 2.00. The molecule has 0 spiro atoms. The average Bonchev–Trinajstić information content (AvgIpc) is 2.10. The van der Waals surface area contributed by atoms with Crippen molar-refractivity contribution in [3.63, 3.8) is 0 Å². The Hall–Kier alpha value is -0.370. The summed E-state index contributed by atoms with van der Waals surface area (Å²) in [7, 11) is 2.13. The van der Waals surface area contributed by atoms with E-state index >= 15 is 0 Å². The standard InChI is InChI=1S/C10H21N3.ClH/c1-5-11-9-12-7-6-8-13(4)10(2)3;/h10H,5-8H2,1-4H3;1H. The zero-order valence-electron chi connectivity index (χ0n) is 9.66. The summed E-state index contributed by atoms with van der Waals surface area (Å²) in [5.74, 6) is 0.